The zero-order valence-electron chi connectivity index (χ0n) is 13.4. The van der Waals surface area contributed by atoms with Crippen molar-refractivity contribution >= 4 is 5.95 Å². The first-order valence-corrected chi connectivity index (χ1v) is 7.58. The number of methoxy groups -OCH3 is 2. The summed E-state index contributed by atoms with van der Waals surface area (Å²) in [5.74, 6) is 2.36. The predicted molar refractivity (Wildman–Crippen MR) is 83.2 cm³/mol. The van der Waals surface area contributed by atoms with E-state index in [9.17, 15) is 0 Å². The molecule has 6 heteroatoms. The van der Waals surface area contributed by atoms with Gasteiger partial charge in [0, 0.05) is 12.6 Å². The molecule has 2 heterocycles. The molecule has 1 atom stereocenters. The van der Waals surface area contributed by atoms with E-state index in [1.165, 1.54) is 12.8 Å². The molecule has 1 N–H and O–H groups in total. The summed E-state index contributed by atoms with van der Waals surface area (Å²) in [6, 6.07) is 2.02. The molecule has 1 aliphatic rings. The Balaban J connectivity index is 2.20. The molecule has 1 saturated heterocycles. The Morgan fingerprint density at radius 2 is 1.95 bits per heavy atom. The largest absolute Gasteiger partial charge is 0.481 e. The molecule has 0 saturated carbocycles. The van der Waals surface area contributed by atoms with Crippen molar-refractivity contribution in [3.63, 3.8) is 0 Å². The van der Waals surface area contributed by atoms with E-state index in [1.54, 1.807) is 20.3 Å². The van der Waals surface area contributed by atoms with Crippen molar-refractivity contribution < 1.29 is 9.47 Å². The van der Waals surface area contributed by atoms with Crippen molar-refractivity contribution in [1.29, 1.82) is 0 Å². The van der Waals surface area contributed by atoms with E-state index >= 15 is 0 Å². The van der Waals surface area contributed by atoms with Gasteiger partial charge in [-0.15, -0.1) is 0 Å². The summed E-state index contributed by atoms with van der Waals surface area (Å²) in [4.78, 5) is 11.2. The molecule has 6 nitrogen and oxygen atoms in total. The number of anilines is 1. The Hall–Kier alpha value is -1.56. The Labute approximate surface area is 126 Å². The van der Waals surface area contributed by atoms with E-state index < -0.39 is 0 Å². The van der Waals surface area contributed by atoms with Crippen LogP contribution in [0.25, 0.3) is 0 Å². The van der Waals surface area contributed by atoms with Gasteiger partial charge in [0.25, 0.3) is 0 Å². The van der Waals surface area contributed by atoms with Crippen molar-refractivity contribution in [1.82, 2.24) is 15.3 Å². The standard InChI is InChI=1S/C15H26N4O2/c1-11(2)19(10-12-6-5-7-16-9-12)15-17-13(20-3)8-14(18-15)21-4/h8,11-12,16H,5-7,9-10H2,1-4H3. The van der Waals surface area contributed by atoms with E-state index in [0.29, 0.717) is 29.7 Å². The van der Waals surface area contributed by atoms with Gasteiger partial charge in [0.1, 0.15) is 0 Å². The molecular formula is C15H26N4O2. The smallest absolute Gasteiger partial charge is 0.232 e. The van der Waals surface area contributed by atoms with Crippen LogP contribution in [0.4, 0.5) is 5.95 Å². The first kappa shape index (κ1) is 15.8. The third kappa shape index (κ3) is 4.20. The van der Waals surface area contributed by atoms with Crippen molar-refractivity contribution in [2.24, 2.45) is 5.92 Å². The molecule has 1 aromatic heterocycles. The highest BCUT2D eigenvalue weighted by Crippen LogP contribution is 2.23. The molecular weight excluding hydrogens is 268 g/mol. The van der Waals surface area contributed by atoms with Crippen LogP contribution in [0.3, 0.4) is 0 Å². The van der Waals surface area contributed by atoms with Crippen LogP contribution >= 0.6 is 0 Å². The molecule has 1 aliphatic heterocycles. The van der Waals surface area contributed by atoms with Crippen LogP contribution in [0.5, 0.6) is 11.8 Å². The number of piperidine rings is 1. The Kier molecular flexibility index (Phi) is 5.61. The van der Waals surface area contributed by atoms with Gasteiger partial charge in [-0.25, -0.2) is 0 Å². The number of aromatic nitrogens is 2. The quantitative estimate of drug-likeness (QED) is 0.862. The van der Waals surface area contributed by atoms with Gasteiger partial charge in [-0.3, -0.25) is 0 Å². The fourth-order valence-electron chi connectivity index (χ4n) is 2.61. The molecule has 1 aromatic rings. The number of ether oxygens (including phenoxy) is 2. The van der Waals surface area contributed by atoms with E-state index in [2.05, 4.69) is 34.0 Å². The summed E-state index contributed by atoms with van der Waals surface area (Å²) in [6.07, 6.45) is 2.48. The van der Waals surface area contributed by atoms with E-state index in [1.807, 2.05) is 0 Å². The van der Waals surface area contributed by atoms with Crippen LogP contribution in [0.1, 0.15) is 26.7 Å². The van der Waals surface area contributed by atoms with Crippen LogP contribution in [0.2, 0.25) is 0 Å². The Bertz CT molecular complexity index is 425. The normalized spacial score (nSPS) is 18.6. The number of hydrogen-bond acceptors (Lipinski definition) is 6. The van der Waals surface area contributed by atoms with Gasteiger partial charge in [0.05, 0.1) is 20.3 Å². The lowest BCUT2D eigenvalue weighted by atomic mass is 9.99. The van der Waals surface area contributed by atoms with Gasteiger partial charge in [-0.1, -0.05) is 0 Å². The molecule has 0 radical (unpaired) electrons. The van der Waals surface area contributed by atoms with Crippen molar-refractivity contribution in [3.8, 4) is 11.8 Å². The summed E-state index contributed by atoms with van der Waals surface area (Å²) >= 11 is 0. The SMILES string of the molecule is COc1cc(OC)nc(N(CC2CCCNC2)C(C)C)n1. The number of nitrogens with one attached hydrogen (secondary N) is 1. The van der Waals surface area contributed by atoms with Crippen molar-refractivity contribution in [2.45, 2.75) is 32.7 Å². The predicted octanol–water partition coefficient (Wildman–Crippen LogP) is 1.71. The second-order valence-corrected chi connectivity index (χ2v) is 5.71. The van der Waals surface area contributed by atoms with Crippen LogP contribution in [-0.4, -0.2) is 49.9 Å². The first-order chi connectivity index (χ1) is 10.1. The number of hydrogen-bond donors (Lipinski definition) is 1. The first-order valence-electron chi connectivity index (χ1n) is 7.58. The molecule has 0 spiro atoms. The lowest BCUT2D eigenvalue weighted by Gasteiger charge is -2.33. The second-order valence-electron chi connectivity index (χ2n) is 5.71. The molecule has 0 aromatic carbocycles. The molecule has 0 amide bonds. The van der Waals surface area contributed by atoms with Gasteiger partial charge < -0.3 is 19.7 Å². The third-order valence-electron chi connectivity index (χ3n) is 3.82. The molecule has 21 heavy (non-hydrogen) atoms. The van der Waals surface area contributed by atoms with Crippen LogP contribution in [0, 0.1) is 5.92 Å². The summed E-state index contributed by atoms with van der Waals surface area (Å²) in [5.41, 5.74) is 0. The fourth-order valence-corrected chi connectivity index (χ4v) is 2.61. The number of nitrogens with zero attached hydrogens (tertiary/aromatic N) is 3. The van der Waals surface area contributed by atoms with E-state index in [4.69, 9.17) is 9.47 Å². The maximum Gasteiger partial charge on any atom is 0.232 e. The Morgan fingerprint density at radius 1 is 1.29 bits per heavy atom. The maximum atomic E-state index is 5.25. The van der Waals surface area contributed by atoms with Crippen molar-refractivity contribution in [3.05, 3.63) is 6.07 Å². The molecule has 1 fully saturated rings. The molecule has 0 aliphatic carbocycles. The zero-order valence-corrected chi connectivity index (χ0v) is 13.4. The monoisotopic (exact) mass is 294 g/mol. The van der Waals surface area contributed by atoms with Crippen LogP contribution in [-0.2, 0) is 0 Å². The van der Waals surface area contributed by atoms with Crippen LogP contribution in [0.15, 0.2) is 6.07 Å². The highest BCUT2D eigenvalue weighted by Gasteiger charge is 2.22. The summed E-state index contributed by atoms with van der Waals surface area (Å²) in [7, 11) is 3.21. The maximum absolute atomic E-state index is 5.25. The third-order valence-corrected chi connectivity index (χ3v) is 3.82. The molecule has 0 bridgehead atoms. The van der Waals surface area contributed by atoms with Gasteiger partial charge in [0.15, 0.2) is 0 Å². The van der Waals surface area contributed by atoms with Crippen LogP contribution < -0.4 is 19.7 Å². The molecule has 1 unspecified atom stereocenters. The highest BCUT2D eigenvalue weighted by molar-refractivity contribution is 5.37. The summed E-state index contributed by atoms with van der Waals surface area (Å²) < 4.78 is 10.5. The van der Waals surface area contributed by atoms with Gasteiger partial charge in [0.2, 0.25) is 17.7 Å². The van der Waals surface area contributed by atoms with Gasteiger partial charge in [-0.2, -0.15) is 9.97 Å². The Morgan fingerprint density at radius 3 is 2.43 bits per heavy atom. The lowest BCUT2D eigenvalue weighted by molar-refractivity contribution is 0.359. The minimum atomic E-state index is 0.323. The number of rotatable bonds is 6. The molecule has 2 rings (SSSR count). The van der Waals surface area contributed by atoms with Gasteiger partial charge in [-0.05, 0) is 45.7 Å². The van der Waals surface area contributed by atoms with Gasteiger partial charge >= 0.3 is 0 Å². The fraction of sp³-hybridized carbons (Fsp3) is 0.733. The van der Waals surface area contributed by atoms with Crippen molar-refractivity contribution in [2.75, 3.05) is 38.8 Å². The van der Waals surface area contributed by atoms with E-state index in [0.717, 1.165) is 19.6 Å². The van der Waals surface area contributed by atoms with E-state index in [-0.39, 0.29) is 0 Å². The average molecular weight is 294 g/mol. The summed E-state index contributed by atoms with van der Waals surface area (Å²) in [6.45, 7) is 7.45. The minimum Gasteiger partial charge on any atom is -0.481 e. The highest BCUT2D eigenvalue weighted by atomic mass is 16.5. The zero-order chi connectivity index (χ0) is 15.2. The summed E-state index contributed by atoms with van der Waals surface area (Å²) in [5, 5.41) is 3.46. The molecule has 118 valence electrons. The minimum absolute atomic E-state index is 0.323. The topological polar surface area (TPSA) is 59.5 Å². The lowest BCUT2D eigenvalue weighted by Crippen LogP contribution is -2.42. The second kappa shape index (κ2) is 7.45. The average Bonchev–Trinajstić information content (AvgIpc) is 2.52.